The van der Waals surface area contributed by atoms with Crippen LogP contribution < -0.4 is 5.32 Å². The molecule has 2 nitrogen and oxygen atoms in total. The third kappa shape index (κ3) is 3.95. The first-order valence-corrected chi connectivity index (χ1v) is 5.85. The summed E-state index contributed by atoms with van der Waals surface area (Å²) < 4.78 is 0. The van der Waals surface area contributed by atoms with Crippen LogP contribution in [0, 0.1) is 6.92 Å². The van der Waals surface area contributed by atoms with Crippen LogP contribution in [0.2, 0.25) is 0 Å². The zero-order chi connectivity index (χ0) is 12.4. The topological polar surface area (TPSA) is 36.8 Å². The Kier molecular flexibility index (Phi) is 3.76. The molecule has 0 bridgehead atoms. The van der Waals surface area contributed by atoms with Gasteiger partial charge in [0.05, 0.1) is 5.54 Å². The number of quaternary nitrogens is 1. The quantitative estimate of drug-likeness (QED) is 0.800. The molecule has 1 atom stereocenters. The molecule has 0 aliphatic carbocycles. The van der Waals surface area contributed by atoms with Crippen molar-refractivity contribution in [2.75, 3.05) is 6.54 Å². The van der Waals surface area contributed by atoms with Crippen LogP contribution in [0.3, 0.4) is 0 Å². The lowest BCUT2D eigenvalue weighted by Crippen LogP contribution is -2.96. The minimum Gasteiger partial charge on any atom is -0.380 e. The Morgan fingerprint density at radius 3 is 2.00 bits per heavy atom. The van der Waals surface area contributed by atoms with E-state index in [0.29, 0.717) is 6.54 Å². The van der Waals surface area contributed by atoms with Gasteiger partial charge in [0.25, 0.3) is 0 Å². The molecule has 0 aliphatic heterocycles. The summed E-state index contributed by atoms with van der Waals surface area (Å²) in [5.74, 6) is 0. The molecule has 1 aromatic rings. The van der Waals surface area contributed by atoms with Crippen LogP contribution >= 0.6 is 0 Å². The molecular weight excluding hydrogens is 198 g/mol. The van der Waals surface area contributed by atoms with Crippen molar-refractivity contribution in [1.29, 1.82) is 0 Å². The first kappa shape index (κ1) is 13.2. The summed E-state index contributed by atoms with van der Waals surface area (Å²) in [6.07, 6.45) is 0. The lowest BCUT2D eigenvalue weighted by Gasteiger charge is -2.26. The van der Waals surface area contributed by atoms with E-state index in [1.165, 1.54) is 5.56 Å². The average molecular weight is 222 g/mol. The summed E-state index contributed by atoms with van der Waals surface area (Å²) in [5, 5.41) is 12.6. The smallest absolute Gasteiger partial charge is 0.135 e. The van der Waals surface area contributed by atoms with Crippen LogP contribution in [-0.4, -0.2) is 17.2 Å². The van der Waals surface area contributed by atoms with Crippen LogP contribution in [-0.2, 0) is 5.60 Å². The largest absolute Gasteiger partial charge is 0.380 e. The first-order valence-electron chi connectivity index (χ1n) is 5.85. The van der Waals surface area contributed by atoms with Crippen LogP contribution in [0.4, 0.5) is 0 Å². The van der Waals surface area contributed by atoms with Gasteiger partial charge in [-0.15, -0.1) is 0 Å². The van der Waals surface area contributed by atoms with Gasteiger partial charge in [0.1, 0.15) is 12.1 Å². The zero-order valence-corrected chi connectivity index (χ0v) is 11.0. The molecule has 0 heterocycles. The monoisotopic (exact) mass is 222 g/mol. The zero-order valence-electron chi connectivity index (χ0n) is 11.0. The van der Waals surface area contributed by atoms with Crippen molar-refractivity contribution in [3.05, 3.63) is 35.4 Å². The van der Waals surface area contributed by atoms with Gasteiger partial charge in [0, 0.05) is 0 Å². The van der Waals surface area contributed by atoms with Gasteiger partial charge in [-0.2, -0.15) is 0 Å². The van der Waals surface area contributed by atoms with Crippen molar-refractivity contribution in [3.63, 3.8) is 0 Å². The van der Waals surface area contributed by atoms with E-state index in [1.807, 2.05) is 31.2 Å². The van der Waals surface area contributed by atoms with Gasteiger partial charge in [-0.25, -0.2) is 0 Å². The van der Waals surface area contributed by atoms with Crippen LogP contribution in [0.25, 0.3) is 0 Å². The van der Waals surface area contributed by atoms with E-state index < -0.39 is 5.60 Å². The summed E-state index contributed by atoms with van der Waals surface area (Å²) >= 11 is 0. The lowest BCUT2D eigenvalue weighted by molar-refractivity contribution is -0.727. The molecule has 1 rings (SSSR count). The molecule has 0 fully saturated rings. The maximum atomic E-state index is 10.4. The third-order valence-corrected chi connectivity index (χ3v) is 2.79. The Balaban J connectivity index is 2.73. The fourth-order valence-electron chi connectivity index (χ4n) is 1.54. The second-order valence-electron chi connectivity index (χ2n) is 5.91. The third-order valence-electron chi connectivity index (χ3n) is 2.79. The SMILES string of the molecule is Cc1ccc([C@@](C)(O)C[NH2+]C(C)(C)C)cc1. The number of rotatable bonds is 3. The second-order valence-corrected chi connectivity index (χ2v) is 5.91. The summed E-state index contributed by atoms with van der Waals surface area (Å²) in [7, 11) is 0. The van der Waals surface area contributed by atoms with E-state index in [1.54, 1.807) is 0 Å². The van der Waals surface area contributed by atoms with Gasteiger partial charge in [0.2, 0.25) is 0 Å². The van der Waals surface area contributed by atoms with Crippen LogP contribution in [0.1, 0.15) is 38.8 Å². The van der Waals surface area contributed by atoms with Crippen molar-refractivity contribution in [2.24, 2.45) is 0 Å². The number of nitrogens with two attached hydrogens (primary N) is 1. The normalized spacial score (nSPS) is 15.9. The Labute approximate surface area is 98.7 Å². The molecule has 0 aliphatic rings. The fraction of sp³-hybridized carbons (Fsp3) is 0.571. The molecule has 0 saturated carbocycles. The van der Waals surface area contributed by atoms with Crippen molar-refractivity contribution >= 4 is 0 Å². The molecule has 90 valence electrons. The van der Waals surface area contributed by atoms with Gasteiger partial charge in [-0.3, -0.25) is 0 Å². The summed E-state index contributed by atoms with van der Waals surface area (Å²) in [4.78, 5) is 0. The van der Waals surface area contributed by atoms with E-state index >= 15 is 0 Å². The van der Waals surface area contributed by atoms with E-state index in [9.17, 15) is 5.11 Å². The highest BCUT2D eigenvalue weighted by Gasteiger charge is 2.27. The van der Waals surface area contributed by atoms with Gasteiger partial charge in [-0.05, 0) is 40.2 Å². The summed E-state index contributed by atoms with van der Waals surface area (Å²) in [6.45, 7) is 11.1. The predicted molar refractivity (Wildman–Crippen MR) is 67.3 cm³/mol. The maximum absolute atomic E-state index is 10.4. The molecule has 1 aromatic carbocycles. The number of hydrogen-bond donors (Lipinski definition) is 2. The van der Waals surface area contributed by atoms with Crippen molar-refractivity contribution < 1.29 is 10.4 Å². The second kappa shape index (κ2) is 4.56. The standard InChI is InChI=1S/C14H23NO/c1-11-6-8-12(9-7-11)14(5,16)10-15-13(2,3)4/h6-9,15-16H,10H2,1-5H3/p+1/t14-/m0/s1. The van der Waals surface area contributed by atoms with Crippen LogP contribution in [0.15, 0.2) is 24.3 Å². The molecule has 0 radical (unpaired) electrons. The molecule has 16 heavy (non-hydrogen) atoms. The minimum atomic E-state index is -0.763. The average Bonchev–Trinajstić information content (AvgIpc) is 2.15. The predicted octanol–water partition coefficient (Wildman–Crippen LogP) is 1.56. The minimum absolute atomic E-state index is 0.148. The van der Waals surface area contributed by atoms with Gasteiger partial charge in [-0.1, -0.05) is 29.8 Å². The molecule has 3 N–H and O–H groups in total. The number of benzene rings is 1. The highest BCUT2D eigenvalue weighted by atomic mass is 16.3. The molecule has 0 aromatic heterocycles. The van der Waals surface area contributed by atoms with Crippen molar-refractivity contribution in [2.45, 2.75) is 45.8 Å². The Hall–Kier alpha value is -0.860. The number of hydrogen-bond acceptors (Lipinski definition) is 1. The Morgan fingerprint density at radius 2 is 1.56 bits per heavy atom. The number of aryl methyl sites for hydroxylation is 1. The number of aliphatic hydroxyl groups is 1. The van der Waals surface area contributed by atoms with E-state index in [2.05, 4.69) is 33.0 Å². The summed E-state index contributed by atoms with van der Waals surface area (Å²) in [5.41, 5.74) is 1.59. The maximum Gasteiger partial charge on any atom is 0.135 e. The van der Waals surface area contributed by atoms with Crippen molar-refractivity contribution in [1.82, 2.24) is 0 Å². The highest BCUT2D eigenvalue weighted by Crippen LogP contribution is 2.19. The Morgan fingerprint density at radius 1 is 1.06 bits per heavy atom. The van der Waals surface area contributed by atoms with Crippen molar-refractivity contribution in [3.8, 4) is 0 Å². The summed E-state index contributed by atoms with van der Waals surface area (Å²) in [6, 6.07) is 8.10. The lowest BCUT2D eigenvalue weighted by atomic mass is 9.94. The van der Waals surface area contributed by atoms with E-state index in [-0.39, 0.29) is 5.54 Å². The van der Waals surface area contributed by atoms with Gasteiger partial charge in [0.15, 0.2) is 0 Å². The Bertz CT molecular complexity index is 333. The van der Waals surface area contributed by atoms with Crippen LogP contribution in [0.5, 0.6) is 0 Å². The molecule has 0 spiro atoms. The molecule has 0 saturated heterocycles. The van der Waals surface area contributed by atoms with E-state index in [0.717, 1.165) is 5.56 Å². The molecule has 0 amide bonds. The fourth-order valence-corrected chi connectivity index (χ4v) is 1.54. The first-order chi connectivity index (χ1) is 7.21. The molecular formula is C14H24NO+. The van der Waals surface area contributed by atoms with Gasteiger partial charge >= 0.3 is 0 Å². The van der Waals surface area contributed by atoms with E-state index in [4.69, 9.17) is 0 Å². The molecule has 0 unspecified atom stereocenters. The molecule has 2 heteroatoms. The van der Waals surface area contributed by atoms with Gasteiger partial charge < -0.3 is 10.4 Å². The highest BCUT2D eigenvalue weighted by molar-refractivity contribution is 5.25.